The Kier molecular flexibility index (Phi) is 2.90. The Hall–Kier alpha value is -1.68. The van der Waals surface area contributed by atoms with E-state index in [1.54, 1.807) is 12.1 Å². The molecule has 4 heteroatoms. The lowest BCUT2D eigenvalue weighted by molar-refractivity contribution is 0.628. The first kappa shape index (κ1) is 12.4. The molecule has 2 aromatic heterocycles. The molecule has 0 unspecified atom stereocenters. The molecule has 0 spiro atoms. The Morgan fingerprint density at radius 2 is 1.84 bits per heavy atom. The molecule has 0 bridgehead atoms. The Labute approximate surface area is 119 Å². The number of hydrogen-bond acceptors (Lipinski definition) is 1. The quantitative estimate of drug-likeness (QED) is 0.644. The zero-order valence-electron chi connectivity index (χ0n) is 10.6. The number of aromatic nitrogens is 2. The first-order valence-corrected chi connectivity index (χ1v) is 6.76. The molecule has 0 saturated carbocycles. The first-order chi connectivity index (χ1) is 9.06. The third-order valence-corrected chi connectivity index (χ3v) is 3.66. The summed E-state index contributed by atoms with van der Waals surface area (Å²) in [6.45, 7) is 4.05. The molecule has 96 valence electrons. The van der Waals surface area contributed by atoms with E-state index in [9.17, 15) is 4.39 Å². The van der Waals surface area contributed by atoms with Crippen LogP contribution in [0.4, 0.5) is 4.39 Å². The minimum atomic E-state index is -0.232. The van der Waals surface area contributed by atoms with Crippen molar-refractivity contribution in [3.8, 4) is 11.3 Å². The number of nitrogens with zero attached hydrogens (tertiary/aromatic N) is 2. The second-order valence-electron chi connectivity index (χ2n) is 4.59. The van der Waals surface area contributed by atoms with Gasteiger partial charge in [-0.25, -0.2) is 9.37 Å². The minimum absolute atomic E-state index is 0.232. The second kappa shape index (κ2) is 4.46. The normalized spacial score (nSPS) is 11.2. The molecule has 0 N–H and O–H groups in total. The van der Waals surface area contributed by atoms with E-state index < -0.39 is 0 Å². The standard InChI is InChI=1S/C15H12BrFN2/c1-9-7-12(16)8-19-10(2)14(18-15(9)19)11-3-5-13(17)6-4-11/h3-8H,1-2H3. The van der Waals surface area contributed by atoms with E-state index in [0.29, 0.717) is 0 Å². The highest BCUT2D eigenvalue weighted by Crippen LogP contribution is 2.27. The maximum atomic E-state index is 13.0. The van der Waals surface area contributed by atoms with E-state index in [1.807, 2.05) is 26.1 Å². The molecule has 3 rings (SSSR count). The van der Waals surface area contributed by atoms with Crippen molar-refractivity contribution in [2.45, 2.75) is 13.8 Å². The summed E-state index contributed by atoms with van der Waals surface area (Å²) in [6, 6.07) is 8.47. The van der Waals surface area contributed by atoms with Crippen molar-refractivity contribution >= 4 is 21.6 Å². The summed E-state index contributed by atoms with van der Waals surface area (Å²) in [4.78, 5) is 4.67. The average Bonchev–Trinajstić information content (AvgIpc) is 2.69. The summed E-state index contributed by atoms with van der Waals surface area (Å²) in [5.74, 6) is -0.232. The molecule has 0 fully saturated rings. The van der Waals surface area contributed by atoms with Crippen LogP contribution in [-0.2, 0) is 0 Å². The molecule has 1 aromatic carbocycles. The first-order valence-electron chi connectivity index (χ1n) is 5.97. The molecule has 0 aliphatic heterocycles. The molecule has 0 amide bonds. The zero-order chi connectivity index (χ0) is 13.6. The van der Waals surface area contributed by atoms with Crippen LogP contribution in [0.1, 0.15) is 11.3 Å². The van der Waals surface area contributed by atoms with Gasteiger partial charge < -0.3 is 4.40 Å². The summed E-state index contributed by atoms with van der Waals surface area (Å²) in [6.07, 6.45) is 2.00. The van der Waals surface area contributed by atoms with Crippen LogP contribution in [0.3, 0.4) is 0 Å². The van der Waals surface area contributed by atoms with E-state index in [2.05, 4.69) is 25.3 Å². The maximum Gasteiger partial charge on any atom is 0.140 e. The smallest absolute Gasteiger partial charge is 0.140 e. The summed E-state index contributed by atoms with van der Waals surface area (Å²) in [7, 11) is 0. The third-order valence-electron chi connectivity index (χ3n) is 3.23. The third kappa shape index (κ3) is 2.06. The number of rotatable bonds is 1. The lowest BCUT2D eigenvalue weighted by Crippen LogP contribution is -1.90. The maximum absolute atomic E-state index is 13.0. The van der Waals surface area contributed by atoms with Crippen molar-refractivity contribution in [2.75, 3.05) is 0 Å². The van der Waals surface area contributed by atoms with Crippen molar-refractivity contribution in [2.24, 2.45) is 0 Å². The number of pyridine rings is 1. The zero-order valence-corrected chi connectivity index (χ0v) is 12.2. The van der Waals surface area contributed by atoms with Crippen LogP contribution in [0, 0.1) is 19.7 Å². The molecule has 0 aliphatic carbocycles. The van der Waals surface area contributed by atoms with E-state index in [1.165, 1.54) is 12.1 Å². The number of halogens is 2. The Morgan fingerprint density at radius 3 is 2.53 bits per heavy atom. The number of hydrogen-bond donors (Lipinski definition) is 0. The number of imidazole rings is 1. The Balaban J connectivity index is 2.28. The summed E-state index contributed by atoms with van der Waals surface area (Å²) in [5.41, 5.74) is 4.90. The highest BCUT2D eigenvalue weighted by Gasteiger charge is 2.12. The molecular weight excluding hydrogens is 307 g/mol. The van der Waals surface area contributed by atoms with Crippen molar-refractivity contribution < 1.29 is 4.39 Å². The molecule has 0 saturated heterocycles. The molecule has 3 aromatic rings. The van der Waals surface area contributed by atoms with Gasteiger partial charge in [-0.3, -0.25) is 0 Å². The molecule has 2 nitrogen and oxygen atoms in total. The van der Waals surface area contributed by atoms with Gasteiger partial charge in [0.1, 0.15) is 11.5 Å². The van der Waals surface area contributed by atoms with E-state index in [-0.39, 0.29) is 5.82 Å². The average molecular weight is 319 g/mol. The van der Waals surface area contributed by atoms with Gasteiger partial charge in [0.05, 0.1) is 5.69 Å². The van der Waals surface area contributed by atoms with Gasteiger partial charge in [-0.1, -0.05) is 0 Å². The van der Waals surface area contributed by atoms with Crippen LogP contribution >= 0.6 is 15.9 Å². The van der Waals surface area contributed by atoms with Crippen molar-refractivity contribution in [1.82, 2.24) is 9.38 Å². The summed E-state index contributed by atoms with van der Waals surface area (Å²) < 4.78 is 16.1. The second-order valence-corrected chi connectivity index (χ2v) is 5.50. The van der Waals surface area contributed by atoms with Gasteiger partial charge in [0.2, 0.25) is 0 Å². The van der Waals surface area contributed by atoms with Crippen LogP contribution in [-0.4, -0.2) is 9.38 Å². The molecule has 0 aliphatic rings. The fraction of sp³-hybridized carbons (Fsp3) is 0.133. The number of aryl methyl sites for hydroxylation is 2. The molecule has 2 heterocycles. The summed E-state index contributed by atoms with van der Waals surface area (Å²) in [5, 5.41) is 0. The Bertz CT molecular complexity index is 760. The van der Waals surface area contributed by atoms with E-state index >= 15 is 0 Å². The van der Waals surface area contributed by atoms with E-state index in [0.717, 1.165) is 32.6 Å². The van der Waals surface area contributed by atoms with Gasteiger partial charge in [0.15, 0.2) is 0 Å². The van der Waals surface area contributed by atoms with Crippen molar-refractivity contribution in [3.05, 3.63) is 58.1 Å². The van der Waals surface area contributed by atoms with Crippen LogP contribution in [0.2, 0.25) is 0 Å². The van der Waals surface area contributed by atoms with Crippen LogP contribution in [0.15, 0.2) is 41.0 Å². The van der Waals surface area contributed by atoms with Gasteiger partial charge in [0, 0.05) is 21.9 Å². The molecule has 0 radical (unpaired) electrons. The fourth-order valence-electron chi connectivity index (χ4n) is 2.26. The topological polar surface area (TPSA) is 17.3 Å². The van der Waals surface area contributed by atoms with Crippen LogP contribution < -0.4 is 0 Å². The van der Waals surface area contributed by atoms with Gasteiger partial charge in [-0.15, -0.1) is 0 Å². The van der Waals surface area contributed by atoms with Gasteiger partial charge in [0.25, 0.3) is 0 Å². The predicted molar refractivity (Wildman–Crippen MR) is 77.8 cm³/mol. The van der Waals surface area contributed by atoms with Crippen LogP contribution in [0.25, 0.3) is 16.9 Å². The predicted octanol–water partition coefficient (Wildman–Crippen LogP) is 4.52. The SMILES string of the molecule is Cc1cc(Br)cn2c(C)c(-c3ccc(F)cc3)nc12. The monoisotopic (exact) mass is 318 g/mol. The van der Waals surface area contributed by atoms with Gasteiger partial charge in [-0.2, -0.15) is 0 Å². The highest BCUT2D eigenvalue weighted by atomic mass is 79.9. The minimum Gasteiger partial charge on any atom is -0.302 e. The van der Waals surface area contributed by atoms with E-state index in [4.69, 9.17) is 0 Å². The molecule has 0 atom stereocenters. The fourth-order valence-corrected chi connectivity index (χ4v) is 2.81. The van der Waals surface area contributed by atoms with Gasteiger partial charge >= 0.3 is 0 Å². The summed E-state index contributed by atoms with van der Waals surface area (Å²) >= 11 is 3.49. The van der Waals surface area contributed by atoms with Gasteiger partial charge in [-0.05, 0) is 65.7 Å². The lowest BCUT2D eigenvalue weighted by Gasteiger charge is -2.01. The van der Waals surface area contributed by atoms with Crippen molar-refractivity contribution in [1.29, 1.82) is 0 Å². The number of benzene rings is 1. The molecular formula is C15H12BrFN2. The van der Waals surface area contributed by atoms with Crippen LogP contribution in [0.5, 0.6) is 0 Å². The molecule has 19 heavy (non-hydrogen) atoms. The van der Waals surface area contributed by atoms with Crippen molar-refractivity contribution in [3.63, 3.8) is 0 Å². The lowest BCUT2D eigenvalue weighted by atomic mass is 10.1. The largest absolute Gasteiger partial charge is 0.302 e. The number of fused-ring (bicyclic) bond motifs is 1. The Morgan fingerprint density at radius 1 is 1.16 bits per heavy atom. The highest BCUT2D eigenvalue weighted by molar-refractivity contribution is 9.10.